The molecule has 8 heteroatoms. The fraction of sp³-hybridized carbons (Fsp3) is 0.409. The molecule has 0 bridgehead atoms. The van der Waals surface area contributed by atoms with Gasteiger partial charge in [0.25, 0.3) is 17.4 Å². The molecule has 1 aliphatic carbocycles. The van der Waals surface area contributed by atoms with E-state index in [1.807, 2.05) is 0 Å². The molecule has 3 heterocycles. The van der Waals surface area contributed by atoms with E-state index in [2.05, 4.69) is 17.2 Å². The monoisotopic (exact) mass is 422 g/mol. The van der Waals surface area contributed by atoms with Crippen LogP contribution in [0.2, 0.25) is 0 Å². The minimum absolute atomic E-state index is 0.0761. The summed E-state index contributed by atoms with van der Waals surface area (Å²) in [6.45, 7) is 3.00. The van der Waals surface area contributed by atoms with Crippen LogP contribution in [0.1, 0.15) is 57.3 Å². The third-order valence-electron chi connectivity index (χ3n) is 6.06. The third kappa shape index (κ3) is 3.06. The smallest absolute Gasteiger partial charge is 0.274 e. The highest BCUT2D eigenvalue weighted by Gasteiger charge is 2.34. The maximum atomic E-state index is 13.0. The highest BCUT2D eigenvalue weighted by Crippen LogP contribution is 2.35. The van der Waals surface area contributed by atoms with Crippen LogP contribution in [0.3, 0.4) is 0 Å². The van der Waals surface area contributed by atoms with E-state index in [1.54, 1.807) is 35.6 Å². The van der Waals surface area contributed by atoms with Gasteiger partial charge in [0.15, 0.2) is 4.83 Å². The largest absolute Gasteiger partial charge is 0.278 e. The fourth-order valence-corrected chi connectivity index (χ4v) is 5.73. The van der Waals surface area contributed by atoms with Gasteiger partial charge in [0.05, 0.1) is 16.5 Å². The Morgan fingerprint density at radius 1 is 1.07 bits per heavy atom. The molecular weight excluding hydrogens is 400 g/mol. The zero-order valence-corrected chi connectivity index (χ0v) is 17.6. The van der Waals surface area contributed by atoms with Crippen molar-refractivity contribution in [2.45, 2.75) is 45.6 Å². The SMILES string of the molecule is C[C@H]1CCc2c(sc3nnn(CCCCN4C(=O)c5ccccc5C4=O)c(=O)c23)C1. The van der Waals surface area contributed by atoms with Crippen LogP contribution in [0.15, 0.2) is 29.1 Å². The van der Waals surface area contributed by atoms with Crippen LogP contribution in [0.25, 0.3) is 10.2 Å². The minimum atomic E-state index is -0.242. The highest BCUT2D eigenvalue weighted by atomic mass is 32.1. The van der Waals surface area contributed by atoms with Crippen molar-refractivity contribution in [1.82, 2.24) is 19.9 Å². The topological polar surface area (TPSA) is 85.2 Å². The number of hydrogen-bond donors (Lipinski definition) is 0. The Kier molecular flexibility index (Phi) is 4.73. The van der Waals surface area contributed by atoms with Crippen molar-refractivity contribution in [3.63, 3.8) is 0 Å². The Balaban J connectivity index is 1.27. The molecule has 3 aromatic rings. The summed E-state index contributed by atoms with van der Waals surface area (Å²) in [6, 6.07) is 6.89. The molecule has 0 N–H and O–H groups in total. The van der Waals surface area contributed by atoms with Gasteiger partial charge >= 0.3 is 0 Å². The van der Waals surface area contributed by atoms with Crippen LogP contribution >= 0.6 is 11.3 Å². The molecule has 2 aliphatic rings. The van der Waals surface area contributed by atoms with Gasteiger partial charge in [-0.05, 0) is 55.7 Å². The van der Waals surface area contributed by atoms with Crippen LogP contribution in [0.4, 0.5) is 0 Å². The average Bonchev–Trinajstić information content (AvgIpc) is 3.23. The van der Waals surface area contributed by atoms with Crippen molar-refractivity contribution in [1.29, 1.82) is 0 Å². The zero-order valence-electron chi connectivity index (χ0n) is 16.8. The van der Waals surface area contributed by atoms with Gasteiger partial charge in [-0.3, -0.25) is 19.3 Å². The lowest BCUT2D eigenvalue weighted by Gasteiger charge is -2.17. The second-order valence-corrected chi connectivity index (χ2v) is 9.25. The Hall–Kier alpha value is -2.87. The highest BCUT2D eigenvalue weighted by molar-refractivity contribution is 7.18. The van der Waals surface area contributed by atoms with Crippen LogP contribution in [0, 0.1) is 5.92 Å². The van der Waals surface area contributed by atoms with Gasteiger partial charge < -0.3 is 0 Å². The second kappa shape index (κ2) is 7.43. The van der Waals surface area contributed by atoms with E-state index in [9.17, 15) is 14.4 Å². The first-order chi connectivity index (χ1) is 14.5. The van der Waals surface area contributed by atoms with Crippen LogP contribution in [0.5, 0.6) is 0 Å². The molecule has 0 spiro atoms. The van der Waals surface area contributed by atoms with Gasteiger partial charge in [0.2, 0.25) is 0 Å². The van der Waals surface area contributed by atoms with Crippen LogP contribution < -0.4 is 5.56 Å². The Morgan fingerprint density at radius 2 is 1.77 bits per heavy atom. The lowest BCUT2D eigenvalue weighted by Crippen LogP contribution is -2.31. The quantitative estimate of drug-likeness (QED) is 0.466. The van der Waals surface area contributed by atoms with E-state index >= 15 is 0 Å². The Labute approximate surface area is 177 Å². The lowest BCUT2D eigenvalue weighted by atomic mass is 9.89. The van der Waals surface area contributed by atoms with Gasteiger partial charge in [-0.2, -0.15) is 0 Å². The number of nitrogens with zero attached hydrogens (tertiary/aromatic N) is 4. The number of carbonyl (C=O) groups excluding carboxylic acids is 2. The molecule has 154 valence electrons. The molecule has 1 aliphatic heterocycles. The molecule has 0 radical (unpaired) electrons. The van der Waals surface area contributed by atoms with Gasteiger partial charge in [-0.15, -0.1) is 16.4 Å². The summed E-state index contributed by atoms with van der Waals surface area (Å²) in [6.07, 6.45) is 4.28. The van der Waals surface area contributed by atoms with Crippen molar-refractivity contribution in [2.24, 2.45) is 5.92 Å². The molecule has 30 heavy (non-hydrogen) atoms. The number of aryl methyl sites for hydroxylation is 2. The first-order valence-corrected chi connectivity index (χ1v) is 11.2. The number of carbonyl (C=O) groups is 2. The predicted molar refractivity (Wildman–Crippen MR) is 114 cm³/mol. The van der Waals surface area contributed by atoms with Crippen molar-refractivity contribution in [2.75, 3.05) is 6.54 Å². The number of hydrogen-bond acceptors (Lipinski definition) is 6. The maximum Gasteiger partial charge on any atom is 0.278 e. The molecule has 2 aromatic heterocycles. The van der Waals surface area contributed by atoms with E-state index in [4.69, 9.17) is 0 Å². The third-order valence-corrected chi connectivity index (χ3v) is 7.20. The van der Waals surface area contributed by atoms with Crippen molar-refractivity contribution < 1.29 is 9.59 Å². The summed E-state index contributed by atoms with van der Waals surface area (Å²) >= 11 is 1.60. The van der Waals surface area contributed by atoms with E-state index in [1.165, 1.54) is 14.5 Å². The minimum Gasteiger partial charge on any atom is -0.274 e. The molecule has 5 rings (SSSR count). The number of aromatic nitrogens is 3. The molecule has 0 unspecified atom stereocenters. The number of unbranched alkanes of at least 4 members (excludes halogenated alkanes) is 1. The summed E-state index contributed by atoms with van der Waals surface area (Å²) in [5, 5.41) is 9.14. The van der Waals surface area contributed by atoms with E-state index in [0.717, 1.165) is 35.0 Å². The number of benzene rings is 1. The van der Waals surface area contributed by atoms with Gasteiger partial charge in [-0.25, -0.2) is 4.68 Å². The summed E-state index contributed by atoms with van der Waals surface area (Å²) < 4.78 is 1.43. The van der Waals surface area contributed by atoms with E-state index < -0.39 is 0 Å². The van der Waals surface area contributed by atoms with Crippen LogP contribution in [-0.2, 0) is 19.4 Å². The molecule has 0 saturated heterocycles. The lowest BCUT2D eigenvalue weighted by molar-refractivity contribution is 0.0651. The molecule has 7 nitrogen and oxygen atoms in total. The summed E-state index contributed by atoms with van der Waals surface area (Å²) in [5.41, 5.74) is 2.01. The maximum absolute atomic E-state index is 13.0. The van der Waals surface area contributed by atoms with Gasteiger partial charge in [0, 0.05) is 18.0 Å². The number of rotatable bonds is 5. The zero-order chi connectivity index (χ0) is 20.8. The standard InChI is InChI=1S/C22H22N4O3S/c1-13-8-9-16-17(12-13)30-19-18(16)22(29)26(24-23-19)11-5-4-10-25-20(27)14-6-2-3-7-15(14)21(25)28/h2-3,6-7,13H,4-5,8-12H2,1H3/t13-/m0/s1. The second-order valence-electron chi connectivity index (χ2n) is 8.16. The Bertz CT molecular complexity index is 1190. The molecule has 0 saturated carbocycles. The number of imide groups is 1. The first-order valence-electron chi connectivity index (χ1n) is 10.4. The van der Waals surface area contributed by atoms with E-state index in [-0.39, 0.29) is 17.4 Å². The predicted octanol–water partition coefficient (Wildman–Crippen LogP) is 3.05. The van der Waals surface area contributed by atoms with E-state index in [0.29, 0.717) is 43.0 Å². The van der Waals surface area contributed by atoms with Crippen molar-refractivity contribution >= 4 is 33.4 Å². The molecule has 1 aromatic carbocycles. The number of thiophene rings is 1. The van der Waals surface area contributed by atoms with Gasteiger partial charge in [0.1, 0.15) is 0 Å². The average molecular weight is 423 g/mol. The van der Waals surface area contributed by atoms with Crippen LogP contribution in [-0.4, -0.2) is 38.3 Å². The molecule has 0 fully saturated rings. The summed E-state index contributed by atoms with van der Waals surface area (Å²) in [5.74, 6) is 0.157. The Morgan fingerprint density at radius 3 is 2.50 bits per heavy atom. The summed E-state index contributed by atoms with van der Waals surface area (Å²) in [4.78, 5) is 41.2. The first kappa shape index (κ1) is 19.1. The number of amides is 2. The number of fused-ring (bicyclic) bond motifs is 4. The van der Waals surface area contributed by atoms with Crippen molar-refractivity contribution in [3.05, 3.63) is 56.2 Å². The summed E-state index contributed by atoms with van der Waals surface area (Å²) in [7, 11) is 0. The molecule has 1 atom stereocenters. The van der Waals surface area contributed by atoms with Gasteiger partial charge in [-0.1, -0.05) is 24.3 Å². The molecule has 2 amide bonds. The van der Waals surface area contributed by atoms with Crippen molar-refractivity contribution in [3.8, 4) is 0 Å². The fourth-order valence-electron chi connectivity index (χ4n) is 4.41. The normalized spacial score (nSPS) is 18.2. The molecular formula is C22H22N4O3S.